The molecule has 0 radical (unpaired) electrons. The van der Waals surface area contributed by atoms with Crippen LogP contribution in [-0.2, 0) is 6.42 Å². The standard InChI is InChI=1S/C28H23BrN4O3.C2H6/c1-16(2)35-25-13-8-18(14-19(25)15-30)28-32-26(33-36-28)23-5-3-4-22-21(23)11-12-24(22)31-27(34)17-6-9-20(29)10-7-17;1-2/h3-10,13-14,16,24H,11-12H2,1-2H3,(H,31,34);1-2H3/t24-;/m1./s1. The molecule has 0 saturated carbocycles. The topological polar surface area (TPSA) is 101 Å². The van der Waals surface area contributed by atoms with Crippen molar-refractivity contribution in [1.82, 2.24) is 15.5 Å². The average molecular weight is 573 g/mol. The molecule has 1 aliphatic carbocycles. The number of benzene rings is 3. The normalized spacial score (nSPS) is 13.8. The number of ether oxygens (including phenoxy) is 1. The lowest BCUT2D eigenvalue weighted by Gasteiger charge is -2.15. The summed E-state index contributed by atoms with van der Waals surface area (Å²) in [4.78, 5) is 17.4. The van der Waals surface area contributed by atoms with Gasteiger partial charge in [0.1, 0.15) is 11.8 Å². The lowest BCUT2D eigenvalue weighted by Crippen LogP contribution is -2.27. The zero-order valence-electron chi connectivity index (χ0n) is 21.8. The van der Waals surface area contributed by atoms with Crippen molar-refractivity contribution < 1.29 is 14.1 Å². The molecule has 1 aliphatic rings. The zero-order valence-corrected chi connectivity index (χ0v) is 23.4. The summed E-state index contributed by atoms with van der Waals surface area (Å²) in [6, 6.07) is 20.6. The van der Waals surface area contributed by atoms with Crippen LogP contribution < -0.4 is 10.1 Å². The van der Waals surface area contributed by atoms with Crippen molar-refractivity contribution in [1.29, 1.82) is 5.26 Å². The summed E-state index contributed by atoms with van der Waals surface area (Å²) in [5.74, 6) is 1.22. The van der Waals surface area contributed by atoms with Gasteiger partial charge in [-0.25, -0.2) is 0 Å². The van der Waals surface area contributed by atoms with Crippen LogP contribution in [0.3, 0.4) is 0 Å². The Morgan fingerprint density at radius 2 is 1.92 bits per heavy atom. The molecular formula is C30H29BrN4O3. The molecule has 0 fully saturated rings. The van der Waals surface area contributed by atoms with Gasteiger partial charge in [-0.15, -0.1) is 0 Å². The molecule has 0 bridgehead atoms. The first kappa shape index (κ1) is 27.1. The number of hydrogen-bond acceptors (Lipinski definition) is 6. The van der Waals surface area contributed by atoms with E-state index in [1.807, 2.05) is 58.0 Å². The van der Waals surface area contributed by atoms with Crippen LogP contribution in [0.15, 0.2) is 69.7 Å². The molecule has 5 rings (SSSR count). The molecule has 3 aromatic carbocycles. The van der Waals surface area contributed by atoms with E-state index >= 15 is 0 Å². The fourth-order valence-electron chi connectivity index (χ4n) is 4.41. The van der Waals surface area contributed by atoms with Gasteiger partial charge in [-0.1, -0.05) is 53.1 Å². The van der Waals surface area contributed by atoms with Crippen molar-refractivity contribution in [2.24, 2.45) is 0 Å². The van der Waals surface area contributed by atoms with Gasteiger partial charge in [0.2, 0.25) is 5.82 Å². The maximum atomic E-state index is 12.8. The van der Waals surface area contributed by atoms with Crippen molar-refractivity contribution in [2.45, 2.75) is 52.7 Å². The number of carbonyl (C=O) groups is 1. The van der Waals surface area contributed by atoms with E-state index in [9.17, 15) is 10.1 Å². The molecule has 1 aromatic heterocycles. The molecule has 0 saturated heterocycles. The van der Waals surface area contributed by atoms with Crippen LogP contribution in [0.4, 0.5) is 0 Å². The fraction of sp³-hybridized carbons (Fsp3) is 0.267. The van der Waals surface area contributed by atoms with Crippen molar-refractivity contribution in [2.75, 3.05) is 0 Å². The summed E-state index contributed by atoms with van der Waals surface area (Å²) in [5, 5.41) is 16.9. The molecule has 1 N–H and O–H groups in total. The highest BCUT2D eigenvalue weighted by molar-refractivity contribution is 9.10. The second-order valence-electron chi connectivity index (χ2n) is 8.86. The van der Waals surface area contributed by atoms with Crippen LogP contribution in [0.1, 0.15) is 67.2 Å². The van der Waals surface area contributed by atoms with Gasteiger partial charge in [-0.05, 0) is 80.3 Å². The molecule has 38 heavy (non-hydrogen) atoms. The van der Waals surface area contributed by atoms with E-state index < -0.39 is 0 Å². The summed E-state index contributed by atoms with van der Waals surface area (Å²) in [7, 11) is 0. The van der Waals surface area contributed by atoms with Gasteiger partial charge in [0, 0.05) is 21.2 Å². The highest BCUT2D eigenvalue weighted by Crippen LogP contribution is 2.38. The van der Waals surface area contributed by atoms with Gasteiger partial charge in [0.25, 0.3) is 11.8 Å². The first-order valence-corrected chi connectivity index (χ1v) is 13.5. The fourth-order valence-corrected chi connectivity index (χ4v) is 4.68. The SMILES string of the molecule is CC.CC(C)Oc1ccc(-c2nc(-c3cccc4c3CC[C@H]4NC(=O)c3ccc(Br)cc3)no2)cc1C#N. The third-order valence-electron chi connectivity index (χ3n) is 6.06. The first-order chi connectivity index (χ1) is 18.4. The molecule has 8 heteroatoms. The largest absolute Gasteiger partial charge is 0.490 e. The Morgan fingerprint density at radius 3 is 2.63 bits per heavy atom. The summed E-state index contributed by atoms with van der Waals surface area (Å²) < 4.78 is 12.2. The molecule has 194 valence electrons. The highest BCUT2D eigenvalue weighted by Gasteiger charge is 2.28. The number of nitrogens with one attached hydrogen (secondary N) is 1. The Hall–Kier alpha value is -3.96. The number of hydrogen-bond donors (Lipinski definition) is 1. The molecular weight excluding hydrogens is 544 g/mol. The van der Waals surface area contributed by atoms with Crippen LogP contribution in [-0.4, -0.2) is 22.2 Å². The summed E-state index contributed by atoms with van der Waals surface area (Å²) >= 11 is 3.40. The van der Waals surface area contributed by atoms with E-state index in [1.165, 1.54) is 0 Å². The maximum absolute atomic E-state index is 12.8. The number of aromatic nitrogens is 2. The summed E-state index contributed by atoms with van der Waals surface area (Å²) in [5.41, 5.74) is 4.71. The zero-order chi connectivity index (χ0) is 27.2. The minimum Gasteiger partial charge on any atom is -0.490 e. The van der Waals surface area contributed by atoms with Crippen molar-refractivity contribution in [3.8, 4) is 34.7 Å². The van der Waals surface area contributed by atoms with Gasteiger partial charge in [-0.2, -0.15) is 10.2 Å². The monoisotopic (exact) mass is 572 g/mol. The van der Waals surface area contributed by atoms with E-state index in [0.717, 1.165) is 34.0 Å². The van der Waals surface area contributed by atoms with Gasteiger partial charge < -0.3 is 14.6 Å². The van der Waals surface area contributed by atoms with Gasteiger partial charge in [0.05, 0.1) is 17.7 Å². The quantitative estimate of drug-likeness (QED) is 0.260. The smallest absolute Gasteiger partial charge is 0.258 e. The lowest BCUT2D eigenvalue weighted by molar-refractivity contribution is 0.0936. The van der Waals surface area contributed by atoms with Crippen LogP contribution in [0.2, 0.25) is 0 Å². The maximum Gasteiger partial charge on any atom is 0.258 e. The molecule has 4 aromatic rings. The Bertz CT molecular complexity index is 1470. The number of fused-ring (bicyclic) bond motifs is 1. The average Bonchev–Trinajstić information content (AvgIpc) is 3.58. The Balaban J connectivity index is 0.00000164. The minimum atomic E-state index is -0.106. The van der Waals surface area contributed by atoms with Crippen LogP contribution in [0.25, 0.3) is 22.8 Å². The molecule has 7 nitrogen and oxygen atoms in total. The number of nitrogens with zero attached hydrogens (tertiary/aromatic N) is 3. The number of nitriles is 1. The van der Waals surface area contributed by atoms with Gasteiger partial charge >= 0.3 is 0 Å². The highest BCUT2D eigenvalue weighted by atomic mass is 79.9. The number of amides is 1. The summed E-state index contributed by atoms with van der Waals surface area (Å²) in [6.07, 6.45) is 1.55. The van der Waals surface area contributed by atoms with E-state index in [2.05, 4.69) is 37.5 Å². The predicted octanol–water partition coefficient (Wildman–Crippen LogP) is 7.27. The first-order valence-electron chi connectivity index (χ1n) is 12.7. The molecule has 1 heterocycles. The summed E-state index contributed by atoms with van der Waals surface area (Å²) in [6.45, 7) is 7.82. The van der Waals surface area contributed by atoms with Crippen LogP contribution in [0, 0.1) is 11.3 Å². The van der Waals surface area contributed by atoms with Gasteiger partial charge in [0.15, 0.2) is 0 Å². The third kappa shape index (κ3) is 5.79. The Kier molecular flexibility index (Phi) is 8.59. The van der Waals surface area contributed by atoms with Crippen molar-refractivity contribution >= 4 is 21.8 Å². The molecule has 0 spiro atoms. The van der Waals surface area contributed by atoms with Crippen molar-refractivity contribution in [3.05, 3.63) is 87.4 Å². The Labute approximate surface area is 231 Å². The second-order valence-corrected chi connectivity index (χ2v) is 9.77. The second kappa shape index (κ2) is 12.1. The Morgan fingerprint density at radius 1 is 1.16 bits per heavy atom. The van der Waals surface area contributed by atoms with Gasteiger partial charge in [-0.3, -0.25) is 4.79 Å². The van der Waals surface area contributed by atoms with Crippen LogP contribution in [0.5, 0.6) is 5.75 Å². The van der Waals surface area contributed by atoms with Crippen LogP contribution >= 0.6 is 15.9 Å². The van der Waals surface area contributed by atoms with E-state index in [4.69, 9.17) is 9.26 Å². The predicted molar refractivity (Wildman–Crippen MR) is 150 cm³/mol. The van der Waals surface area contributed by atoms with Crippen molar-refractivity contribution in [3.63, 3.8) is 0 Å². The minimum absolute atomic E-state index is 0.0402. The van der Waals surface area contributed by atoms with E-state index in [-0.39, 0.29) is 18.1 Å². The molecule has 1 amide bonds. The number of carbonyl (C=O) groups excluding carboxylic acids is 1. The molecule has 1 atom stereocenters. The molecule has 0 aliphatic heterocycles. The van der Waals surface area contributed by atoms with E-state index in [0.29, 0.717) is 34.2 Å². The lowest BCUT2D eigenvalue weighted by atomic mass is 10.0. The number of halogens is 1. The number of rotatable bonds is 6. The molecule has 0 unspecified atom stereocenters. The van der Waals surface area contributed by atoms with E-state index in [1.54, 1.807) is 30.3 Å². The third-order valence-corrected chi connectivity index (χ3v) is 6.59.